The summed E-state index contributed by atoms with van der Waals surface area (Å²) in [6, 6.07) is 7.94. The van der Waals surface area contributed by atoms with Gasteiger partial charge in [-0.15, -0.1) is 11.3 Å². The van der Waals surface area contributed by atoms with Crippen molar-refractivity contribution in [2.24, 2.45) is 5.73 Å². The lowest BCUT2D eigenvalue weighted by molar-refractivity contribution is 0.0675. The lowest BCUT2D eigenvalue weighted by Gasteiger charge is -2.30. The van der Waals surface area contributed by atoms with Crippen molar-refractivity contribution in [2.75, 3.05) is 13.1 Å². The van der Waals surface area contributed by atoms with Gasteiger partial charge in [-0.2, -0.15) is 0 Å². The third kappa shape index (κ3) is 3.97. The molecule has 1 atom stereocenters. The fourth-order valence-electron chi connectivity index (χ4n) is 3.18. The van der Waals surface area contributed by atoms with Gasteiger partial charge in [0.15, 0.2) is 0 Å². The maximum Gasteiger partial charge on any atom is 0.273 e. The Balaban J connectivity index is 1.85. The largest absolute Gasteiger partial charge is 0.330 e. The van der Waals surface area contributed by atoms with E-state index in [4.69, 9.17) is 17.3 Å². The van der Waals surface area contributed by atoms with E-state index in [9.17, 15) is 4.79 Å². The van der Waals surface area contributed by atoms with E-state index in [0.29, 0.717) is 12.2 Å². The number of rotatable bonds is 4. The molecule has 1 saturated heterocycles. The lowest BCUT2D eigenvalue weighted by Crippen LogP contribution is -2.35. The van der Waals surface area contributed by atoms with Crippen molar-refractivity contribution in [1.82, 2.24) is 9.88 Å². The quantitative estimate of drug-likeness (QED) is 0.891. The normalized spacial score (nSPS) is 18.4. The Morgan fingerprint density at radius 2 is 2.08 bits per heavy atom. The highest BCUT2D eigenvalue weighted by Crippen LogP contribution is 2.32. The van der Waals surface area contributed by atoms with Crippen molar-refractivity contribution in [3.05, 3.63) is 50.9 Å². The van der Waals surface area contributed by atoms with Gasteiger partial charge in [-0.25, -0.2) is 4.98 Å². The second kappa shape index (κ2) is 8.10. The van der Waals surface area contributed by atoms with Gasteiger partial charge in [-0.3, -0.25) is 4.79 Å². The molecule has 1 aromatic carbocycles. The molecule has 1 aliphatic rings. The number of halogens is 1. The number of hydrogen-bond acceptors (Lipinski definition) is 4. The van der Waals surface area contributed by atoms with E-state index in [2.05, 4.69) is 4.98 Å². The molecule has 24 heavy (non-hydrogen) atoms. The molecule has 1 aromatic heterocycles. The first-order valence-electron chi connectivity index (χ1n) is 8.40. The molecule has 0 spiro atoms. The zero-order valence-electron chi connectivity index (χ0n) is 13.6. The first kappa shape index (κ1) is 17.4. The summed E-state index contributed by atoms with van der Waals surface area (Å²) in [5.74, 6) is 0.0244. The highest BCUT2D eigenvalue weighted by atomic mass is 35.5. The highest BCUT2D eigenvalue weighted by molar-refractivity contribution is 7.09. The molecule has 2 heterocycles. The average molecular weight is 364 g/mol. The van der Waals surface area contributed by atoms with Crippen LogP contribution in [0.5, 0.6) is 0 Å². The predicted octanol–water partition coefficient (Wildman–Crippen LogP) is 4.06. The maximum absolute atomic E-state index is 13.0. The number of aromatic nitrogens is 1. The third-order valence-electron chi connectivity index (χ3n) is 4.40. The topological polar surface area (TPSA) is 59.2 Å². The third-order valence-corrected chi connectivity index (χ3v) is 5.56. The molecule has 4 nitrogen and oxygen atoms in total. The smallest absolute Gasteiger partial charge is 0.273 e. The number of likely N-dealkylation sites (tertiary alicyclic amines) is 1. The molecule has 1 amide bonds. The Morgan fingerprint density at radius 1 is 1.29 bits per heavy atom. The Hall–Kier alpha value is -1.43. The van der Waals surface area contributed by atoms with Crippen LogP contribution in [0.3, 0.4) is 0 Å². The molecule has 0 saturated carbocycles. The average Bonchev–Trinajstić information content (AvgIpc) is 2.91. The molecule has 6 heteroatoms. The van der Waals surface area contributed by atoms with Gasteiger partial charge in [-0.05, 0) is 37.1 Å². The second-order valence-electron chi connectivity index (χ2n) is 6.08. The molecular weight excluding hydrogens is 342 g/mol. The molecule has 0 radical (unpaired) electrons. The van der Waals surface area contributed by atoms with E-state index < -0.39 is 0 Å². The van der Waals surface area contributed by atoms with E-state index in [1.54, 1.807) is 0 Å². The molecule has 3 rings (SSSR count). The number of hydrogen-bond donors (Lipinski definition) is 1. The van der Waals surface area contributed by atoms with Crippen LogP contribution < -0.4 is 5.73 Å². The van der Waals surface area contributed by atoms with Crippen LogP contribution in [0.15, 0.2) is 29.6 Å². The van der Waals surface area contributed by atoms with Crippen LogP contribution in [0, 0.1) is 0 Å². The predicted molar refractivity (Wildman–Crippen MR) is 98.6 cm³/mol. The van der Waals surface area contributed by atoms with Gasteiger partial charge in [-0.1, -0.05) is 36.6 Å². The number of carbonyl (C=O) groups is 1. The van der Waals surface area contributed by atoms with Crippen molar-refractivity contribution in [3.8, 4) is 0 Å². The van der Waals surface area contributed by atoms with Gasteiger partial charge in [0, 0.05) is 23.4 Å². The molecule has 1 fully saturated rings. The SMILES string of the molecule is NCCc1nc(C(=O)N2CCCCCC2c2ccc(Cl)cc2)cs1. The van der Waals surface area contributed by atoms with Gasteiger partial charge < -0.3 is 10.6 Å². The van der Waals surface area contributed by atoms with E-state index in [-0.39, 0.29) is 11.9 Å². The fraction of sp³-hybridized carbons (Fsp3) is 0.444. The van der Waals surface area contributed by atoms with E-state index in [1.165, 1.54) is 11.3 Å². The summed E-state index contributed by atoms with van der Waals surface area (Å²) >= 11 is 7.53. The number of nitrogens with two attached hydrogens (primary N) is 1. The van der Waals surface area contributed by atoms with Crippen molar-refractivity contribution < 1.29 is 4.79 Å². The zero-order chi connectivity index (χ0) is 16.9. The minimum atomic E-state index is 0.0244. The van der Waals surface area contributed by atoms with Gasteiger partial charge >= 0.3 is 0 Å². The van der Waals surface area contributed by atoms with Crippen molar-refractivity contribution in [2.45, 2.75) is 38.1 Å². The van der Waals surface area contributed by atoms with Crippen molar-refractivity contribution in [1.29, 1.82) is 0 Å². The van der Waals surface area contributed by atoms with Gasteiger partial charge in [0.1, 0.15) is 5.69 Å². The Labute approximate surface area is 151 Å². The first-order valence-corrected chi connectivity index (χ1v) is 9.65. The highest BCUT2D eigenvalue weighted by Gasteiger charge is 2.28. The van der Waals surface area contributed by atoms with E-state index in [0.717, 1.165) is 54.2 Å². The summed E-state index contributed by atoms with van der Waals surface area (Å²) in [6.07, 6.45) is 5.03. The van der Waals surface area contributed by atoms with Crippen LogP contribution in [0.1, 0.15) is 52.8 Å². The molecule has 1 unspecified atom stereocenters. The number of nitrogens with zero attached hydrogens (tertiary/aromatic N) is 2. The lowest BCUT2D eigenvalue weighted by atomic mass is 10.0. The molecule has 2 aromatic rings. The molecular formula is C18H22ClN3OS. The first-order chi connectivity index (χ1) is 11.7. The van der Waals surface area contributed by atoms with Gasteiger partial charge in [0.2, 0.25) is 0 Å². The summed E-state index contributed by atoms with van der Waals surface area (Å²) in [5.41, 5.74) is 7.27. The van der Waals surface area contributed by atoms with Crippen molar-refractivity contribution in [3.63, 3.8) is 0 Å². The Morgan fingerprint density at radius 3 is 2.83 bits per heavy atom. The molecule has 2 N–H and O–H groups in total. The summed E-state index contributed by atoms with van der Waals surface area (Å²) in [7, 11) is 0. The number of carbonyl (C=O) groups excluding carboxylic acids is 1. The summed E-state index contributed by atoms with van der Waals surface area (Å²) in [4.78, 5) is 19.5. The maximum atomic E-state index is 13.0. The number of thiazole rings is 1. The molecule has 128 valence electrons. The molecule has 0 bridgehead atoms. The minimum Gasteiger partial charge on any atom is -0.330 e. The van der Waals surface area contributed by atoms with Crippen LogP contribution in [-0.4, -0.2) is 28.9 Å². The monoisotopic (exact) mass is 363 g/mol. The van der Waals surface area contributed by atoms with E-state index in [1.807, 2.05) is 34.5 Å². The van der Waals surface area contributed by atoms with Crippen molar-refractivity contribution >= 4 is 28.8 Å². The van der Waals surface area contributed by atoms with Gasteiger partial charge in [0.05, 0.1) is 11.0 Å². The van der Waals surface area contributed by atoms with Gasteiger partial charge in [0.25, 0.3) is 5.91 Å². The Bertz CT molecular complexity index is 686. The number of amides is 1. The van der Waals surface area contributed by atoms with E-state index >= 15 is 0 Å². The van der Waals surface area contributed by atoms with Crippen LogP contribution in [0.25, 0.3) is 0 Å². The van der Waals surface area contributed by atoms with Crippen LogP contribution in [0.2, 0.25) is 5.02 Å². The van der Waals surface area contributed by atoms with Crippen LogP contribution in [0.4, 0.5) is 0 Å². The number of benzene rings is 1. The van der Waals surface area contributed by atoms with Crippen LogP contribution in [-0.2, 0) is 6.42 Å². The molecule has 1 aliphatic heterocycles. The summed E-state index contributed by atoms with van der Waals surface area (Å²) in [6.45, 7) is 1.33. The summed E-state index contributed by atoms with van der Waals surface area (Å²) in [5, 5.41) is 3.51. The summed E-state index contributed by atoms with van der Waals surface area (Å²) < 4.78 is 0. The zero-order valence-corrected chi connectivity index (χ0v) is 15.2. The van der Waals surface area contributed by atoms with Crippen LogP contribution >= 0.6 is 22.9 Å². The standard InChI is InChI=1S/C18H22ClN3OS/c19-14-7-5-13(6-8-14)16-4-2-1-3-11-22(16)18(23)15-12-24-17(21-15)9-10-20/h5-8,12,16H,1-4,9-11,20H2. The Kier molecular flexibility index (Phi) is 5.87. The second-order valence-corrected chi connectivity index (χ2v) is 7.46. The molecule has 0 aliphatic carbocycles. The fourth-order valence-corrected chi connectivity index (χ4v) is 4.09. The minimum absolute atomic E-state index is 0.0244.